The molecule has 0 aliphatic carbocycles. The van der Waals surface area contributed by atoms with Gasteiger partial charge in [-0.05, 0) is 29.5 Å². The van der Waals surface area contributed by atoms with Crippen LogP contribution in [-0.2, 0) is 0 Å². The molecule has 16 heavy (non-hydrogen) atoms. The van der Waals surface area contributed by atoms with Crippen molar-refractivity contribution in [1.82, 2.24) is 4.98 Å². The molecule has 0 radical (unpaired) electrons. The number of hydrogen-bond acceptors (Lipinski definition) is 3. The van der Waals surface area contributed by atoms with E-state index in [-0.39, 0.29) is 9.13 Å². The van der Waals surface area contributed by atoms with Gasteiger partial charge in [-0.15, -0.1) is 13.2 Å². The fraction of sp³-hybridized carbons (Fsp3) is 0.250. The Morgan fingerprint density at radius 3 is 2.56 bits per heavy atom. The van der Waals surface area contributed by atoms with E-state index in [0.717, 1.165) is 6.20 Å². The first-order valence-electron chi connectivity index (χ1n) is 3.86. The molecule has 4 nitrogen and oxygen atoms in total. The molecule has 0 aliphatic heterocycles. The molecule has 88 valence electrons. The molecule has 0 fully saturated rings. The van der Waals surface area contributed by atoms with Gasteiger partial charge in [0.15, 0.2) is 5.69 Å². The molecule has 1 aromatic rings. The first-order chi connectivity index (χ1) is 7.22. The van der Waals surface area contributed by atoms with E-state index in [1.54, 1.807) is 22.6 Å². The Morgan fingerprint density at radius 1 is 1.56 bits per heavy atom. The summed E-state index contributed by atoms with van der Waals surface area (Å²) in [6.07, 6.45) is -3.85. The summed E-state index contributed by atoms with van der Waals surface area (Å²) < 4.78 is 40.0. The quantitative estimate of drug-likeness (QED) is 0.836. The molecule has 0 spiro atoms. The number of carboxylic acid groups (broad SMARTS) is 1. The molecule has 0 amide bonds. The zero-order valence-corrected chi connectivity index (χ0v) is 9.96. The lowest BCUT2D eigenvalue weighted by atomic mass is 10.2. The fourth-order valence-electron chi connectivity index (χ4n) is 1.02. The van der Waals surface area contributed by atoms with Crippen molar-refractivity contribution >= 4 is 28.6 Å². The van der Waals surface area contributed by atoms with Gasteiger partial charge in [-0.3, -0.25) is 0 Å². The second kappa shape index (κ2) is 4.44. The summed E-state index contributed by atoms with van der Waals surface area (Å²) in [5.41, 5.74) is -0.614. The van der Waals surface area contributed by atoms with E-state index in [1.165, 1.54) is 6.92 Å². The molecular formula is C8H5F3INO3. The number of aromatic carboxylic acids is 1. The molecule has 1 heterocycles. The SMILES string of the molecule is Cc1c(C(=O)O)ncc(I)c1OC(F)(F)F. The minimum absolute atomic E-state index is 0.0948. The highest BCUT2D eigenvalue weighted by Gasteiger charge is 2.33. The van der Waals surface area contributed by atoms with Crippen molar-refractivity contribution in [3.63, 3.8) is 0 Å². The molecule has 0 bridgehead atoms. The summed E-state index contributed by atoms with van der Waals surface area (Å²) in [6, 6.07) is 0. The number of rotatable bonds is 2. The fourth-order valence-corrected chi connectivity index (χ4v) is 1.67. The number of halogens is 4. The number of nitrogens with zero attached hydrogens (tertiary/aromatic N) is 1. The second-order valence-electron chi connectivity index (χ2n) is 2.76. The summed E-state index contributed by atoms with van der Waals surface area (Å²) >= 11 is 1.59. The third-order valence-corrected chi connectivity index (χ3v) is 2.41. The van der Waals surface area contributed by atoms with E-state index in [2.05, 4.69) is 9.72 Å². The molecule has 0 saturated carbocycles. The largest absolute Gasteiger partial charge is 0.573 e. The Labute approximate surface area is 102 Å². The highest BCUT2D eigenvalue weighted by molar-refractivity contribution is 14.1. The van der Waals surface area contributed by atoms with E-state index in [1.807, 2.05) is 0 Å². The number of pyridine rings is 1. The lowest BCUT2D eigenvalue weighted by Gasteiger charge is -2.13. The van der Waals surface area contributed by atoms with Gasteiger partial charge in [0.2, 0.25) is 0 Å². The lowest BCUT2D eigenvalue weighted by molar-refractivity contribution is -0.275. The van der Waals surface area contributed by atoms with E-state index in [4.69, 9.17) is 5.11 Å². The van der Waals surface area contributed by atoms with Crippen LogP contribution in [0.3, 0.4) is 0 Å². The van der Waals surface area contributed by atoms with Crippen molar-refractivity contribution in [1.29, 1.82) is 0 Å². The van der Waals surface area contributed by atoms with Crippen LogP contribution in [0.15, 0.2) is 6.20 Å². The van der Waals surface area contributed by atoms with Crippen molar-refractivity contribution in [2.45, 2.75) is 13.3 Å². The third kappa shape index (κ3) is 2.97. The van der Waals surface area contributed by atoms with Gasteiger partial charge in [0, 0.05) is 11.8 Å². The summed E-state index contributed by atoms with van der Waals surface area (Å²) in [5.74, 6) is -1.93. The first-order valence-corrected chi connectivity index (χ1v) is 4.94. The van der Waals surface area contributed by atoms with Crippen LogP contribution in [0.1, 0.15) is 16.1 Å². The zero-order valence-electron chi connectivity index (χ0n) is 7.80. The second-order valence-corrected chi connectivity index (χ2v) is 3.92. The van der Waals surface area contributed by atoms with Gasteiger partial charge in [0.25, 0.3) is 0 Å². The van der Waals surface area contributed by atoms with Crippen LogP contribution in [0.4, 0.5) is 13.2 Å². The predicted octanol–water partition coefficient (Wildman–Crippen LogP) is 2.59. The molecule has 0 unspecified atom stereocenters. The van der Waals surface area contributed by atoms with E-state index in [0.29, 0.717) is 0 Å². The van der Waals surface area contributed by atoms with Crippen LogP contribution in [-0.4, -0.2) is 22.4 Å². The maximum atomic E-state index is 12.0. The Balaban J connectivity index is 3.27. The highest BCUT2D eigenvalue weighted by Crippen LogP contribution is 2.31. The Morgan fingerprint density at radius 2 is 2.12 bits per heavy atom. The van der Waals surface area contributed by atoms with Gasteiger partial charge >= 0.3 is 12.3 Å². The molecule has 8 heteroatoms. The Bertz CT molecular complexity index is 433. The summed E-state index contributed by atoms with van der Waals surface area (Å²) in [4.78, 5) is 14.2. The Hall–Kier alpha value is -1.06. The van der Waals surface area contributed by atoms with Crippen molar-refractivity contribution in [3.05, 3.63) is 21.0 Å². The van der Waals surface area contributed by atoms with Gasteiger partial charge in [-0.2, -0.15) is 0 Å². The number of alkyl halides is 3. The zero-order chi connectivity index (χ0) is 12.5. The molecule has 0 atom stereocenters. The van der Waals surface area contributed by atoms with Crippen molar-refractivity contribution in [3.8, 4) is 5.75 Å². The maximum Gasteiger partial charge on any atom is 0.573 e. The van der Waals surface area contributed by atoms with Crippen LogP contribution >= 0.6 is 22.6 Å². The van der Waals surface area contributed by atoms with E-state index in [9.17, 15) is 18.0 Å². The van der Waals surface area contributed by atoms with Gasteiger partial charge in [-0.25, -0.2) is 9.78 Å². The lowest BCUT2D eigenvalue weighted by Crippen LogP contribution is -2.19. The summed E-state index contributed by atoms with van der Waals surface area (Å²) in [5, 5.41) is 8.68. The van der Waals surface area contributed by atoms with Crippen LogP contribution < -0.4 is 4.74 Å². The molecule has 1 aromatic heterocycles. The van der Waals surface area contributed by atoms with Crippen molar-refractivity contribution < 1.29 is 27.8 Å². The minimum atomic E-state index is -4.86. The van der Waals surface area contributed by atoms with Crippen molar-refractivity contribution in [2.24, 2.45) is 0 Å². The van der Waals surface area contributed by atoms with Gasteiger partial charge in [-0.1, -0.05) is 0 Å². The highest BCUT2D eigenvalue weighted by atomic mass is 127. The number of ether oxygens (including phenoxy) is 1. The van der Waals surface area contributed by atoms with Crippen LogP contribution in [0.25, 0.3) is 0 Å². The monoisotopic (exact) mass is 347 g/mol. The molecule has 0 aromatic carbocycles. The van der Waals surface area contributed by atoms with Crippen LogP contribution in [0.5, 0.6) is 5.75 Å². The van der Waals surface area contributed by atoms with Crippen molar-refractivity contribution in [2.75, 3.05) is 0 Å². The molecule has 1 N–H and O–H groups in total. The predicted molar refractivity (Wildman–Crippen MR) is 55.3 cm³/mol. The molecular weight excluding hydrogens is 342 g/mol. The third-order valence-electron chi connectivity index (χ3n) is 1.64. The minimum Gasteiger partial charge on any atom is -0.477 e. The average Bonchev–Trinajstić information content (AvgIpc) is 2.10. The average molecular weight is 347 g/mol. The molecule has 0 aliphatic rings. The number of aromatic nitrogens is 1. The topological polar surface area (TPSA) is 59.4 Å². The van der Waals surface area contributed by atoms with Gasteiger partial charge in [0.05, 0.1) is 3.57 Å². The maximum absolute atomic E-state index is 12.0. The number of hydrogen-bond donors (Lipinski definition) is 1. The molecule has 0 saturated heterocycles. The Kier molecular flexibility index (Phi) is 3.61. The summed E-state index contributed by atoms with van der Waals surface area (Å²) in [7, 11) is 0. The van der Waals surface area contributed by atoms with Gasteiger partial charge < -0.3 is 9.84 Å². The normalized spacial score (nSPS) is 11.3. The smallest absolute Gasteiger partial charge is 0.477 e. The first kappa shape index (κ1) is 13.0. The van der Waals surface area contributed by atoms with E-state index < -0.39 is 23.8 Å². The number of carbonyl (C=O) groups is 1. The van der Waals surface area contributed by atoms with E-state index >= 15 is 0 Å². The van der Waals surface area contributed by atoms with Crippen LogP contribution in [0.2, 0.25) is 0 Å². The summed E-state index contributed by atoms with van der Waals surface area (Å²) in [6.45, 7) is 1.21. The standard InChI is InChI=1S/C8H5F3INO3/c1-3-5(7(14)15)13-2-4(12)6(3)16-8(9,10)11/h2H,1H3,(H,14,15). The van der Waals surface area contributed by atoms with Crippen LogP contribution in [0, 0.1) is 10.5 Å². The number of carboxylic acids is 1. The molecule has 1 rings (SSSR count). The van der Waals surface area contributed by atoms with Gasteiger partial charge in [0.1, 0.15) is 5.75 Å².